The summed E-state index contributed by atoms with van der Waals surface area (Å²) in [5, 5.41) is 17.0. The molecule has 0 aliphatic heterocycles. The minimum absolute atomic E-state index is 0.139. The number of carbonyl (C=O) groups is 1. The molecule has 1 saturated carbocycles. The zero-order valence-electron chi connectivity index (χ0n) is 11.8. The van der Waals surface area contributed by atoms with Crippen LogP contribution in [0.1, 0.15) is 36.0 Å². The van der Waals surface area contributed by atoms with Crippen LogP contribution in [0.4, 0.5) is 0 Å². The number of hydrogen-bond acceptors (Lipinski definition) is 3. The number of aliphatic hydroxyl groups excluding tert-OH is 1. The Morgan fingerprint density at radius 3 is 2.90 bits per heavy atom. The number of carbonyl (C=O) groups excluding carboxylic acids is 1. The highest BCUT2D eigenvalue weighted by Crippen LogP contribution is 2.19. The second kappa shape index (κ2) is 6.10. The molecule has 1 heterocycles. The van der Waals surface area contributed by atoms with Gasteiger partial charge in [-0.3, -0.25) is 4.79 Å². The van der Waals surface area contributed by atoms with Crippen molar-refractivity contribution in [2.75, 3.05) is 0 Å². The molecular formula is C16H19N3O2. The predicted molar refractivity (Wildman–Crippen MR) is 79.3 cm³/mol. The maximum absolute atomic E-state index is 12.3. The first kappa shape index (κ1) is 13.8. The Hall–Kier alpha value is -2.14. The van der Waals surface area contributed by atoms with Gasteiger partial charge in [-0.25, -0.2) is 4.68 Å². The molecule has 0 spiro atoms. The highest BCUT2D eigenvalue weighted by molar-refractivity contribution is 5.94. The Balaban J connectivity index is 1.74. The molecule has 0 saturated heterocycles. The number of aliphatic hydroxyl groups is 1. The summed E-state index contributed by atoms with van der Waals surface area (Å²) in [4.78, 5) is 12.3. The summed E-state index contributed by atoms with van der Waals surface area (Å²) in [5.41, 5.74) is 1.43. The van der Waals surface area contributed by atoms with Crippen molar-refractivity contribution in [3.8, 4) is 5.69 Å². The third-order valence-corrected chi connectivity index (χ3v) is 3.92. The molecule has 0 radical (unpaired) electrons. The van der Waals surface area contributed by atoms with Gasteiger partial charge in [-0.1, -0.05) is 18.9 Å². The van der Waals surface area contributed by atoms with Crippen molar-refractivity contribution in [3.63, 3.8) is 0 Å². The average molecular weight is 285 g/mol. The van der Waals surface area contributed by atoms with E-state index in [2.05, 4.69) is 10.4 Å². The normalized spacial score (nSPS) is 22.0. The number of nitrogens with one attached hydrogen (secondary N) is 1. The molecule has 1 aliphatic carbocycles. The van der Waals surface area contributed by atoms with Gasteiger partial charge in [0, 0.05) is 18.0 Å². The van der Waals surface area contributed by atoms with Gasteiger partial charge in [0.05, 0.1) is 17.8 Å². The Morgan fingerprint density at radius 2 is 2.14 bits per heavy atom. The second-order valence-corrected chi connectivity index (χ2v) is 5.43. The molecule has 1 fully saturated rings. The lowest BCUT2D eigenvalue weighted by Crippen LogP contribution is -2.45. The van der Waals surface area contributed by atoms with Gasteiger partial charge in [0.2, 0.25) is 0 Å². The minimum atomic E-state index is -0.433. The first-order valence-electron chi connectivity index (χ1n) is 7.33. The topological polar surface area (TPSA) is 67.2 Å². The van der Waals surface area contributed by atoms with Crippen LogP contribution in [0.15, 0.2) is 42.7 Å². The molecule has 2 atom stereocenters. The van der Waals surface area contributed by atoms with Gasteiger partial charge in [-0.05, 0) is 37.1 Å². The van der Waals surface area contributed by atoms with E-state index in [0.29, 0.717) is 5.56 Å². The quantitative estimate of drug-likeness (QED) is 0.905. The van der Waals surface area contributed by atoms with E-state index in [1.54, 1.807) is 23.0 Å². The van der Waals surface area contributed by atoms with Crippen molar-refractivity contribution in [1.29, 1.82) is 0 Å². The standard InChI is InChI=1S/C16H19N3O2/c20-15-8-2-1-7-14(15)18-16(21)12-5-3-6-13(11-12)19-10-4-9-17-19/h3-6,9-11,14-15,20H,1-2,7-8H2,(H,18,21)/t14-,15+/m0/s1. The number of amides is 1. The van der Waals surface area contributed by atoms with E-state index in [4.69, 9.17) is 0 Å². The molecule has 2 aromatic rings. The molecule has 21 heavy (non-hydrogen) atoms. The molecule has 5 heteroatoms. The number of benzene rings is 1. The van der Waals surface area contributed by atoms with Crippen LogP contribution in [-0.4, -0.2) is 32.9 Å². The maximum Gasteiger partial charge on any atom is 0.251 e. The summed E-state index contributed by atoms with van der Waals surface area (Å²) >= 11 is 0. The van der Waals surface area contributed by atoms with Crippen LogP contribution in [0, 0.1) is 0 Å². The van der Waals surface area contributed by atoms with Crippen molar-refractivity contribution in [2.45, 2.75) is 37.8 Å². The monoisotopic (exact) mass is 285 g/mol. The SMILES string of the molecule is O=C(N[C@H]1CCCC[C@H]1O)c1cccc(-n2cccn2)c1. The second-order valence-electron chi connectivity index (χ2n) is 5.43. The summed E-state index contributed by atoms with van der Waals surface area (Å²) in [5.74, 6) is -0.144. The zero-order chi connectivity index (χ0) is 14.7. The summed E-state index contributed by atoms with van der Waals surface area (Å²) < 4.78 is 1.71. The van der Waals surface area contributed by atoms with Gasteiger partial charge in [0.25, 0.3) is 5.91 Å². The summed E-state index contributed by atoms with van der Waals surface area (Å²) in [6.45, 7) is 0. The van der Waals surface area contributed by atoms with Gasteiger partial charge in [0.15, 0.2) is 0 Å². The van der Waals surface area contributed by atoms with Crippen LogP contribution in [0.3, 0.4) is 0 Å². The maximum atomic E-state index is 12.3. The molecule has 1 aromatic heterocycles. The average Bonchev–Trinajstić information content (AvgIpc) is 3.04. The number of aromatic nitrogens is 2. The van der Waals surface area contributed by atoms with Crippen molar-refractivity contribution in [2.24, 2.45) is 0 Å². The van der Waals surface area contributed by atoms with Crippen molar-refractivity contribution in [3.05, 3.63) is 48.3 Å². The Labute approximate surface area is 123 Å². The smallest absolute Gasteiger partial charge is 0.251 e. The Morgan fingerprint density at radius 1 is 1.29 bits per heavy atom. The van der Waals surface area contributed by atoms with Crippen LogP contribution in [-0.2, 0) is 0 Å². The lowest BCUT2D eigenvalue weighted by molar-refractivity contribution is 0.0717. The van der Waals surface area contributed by atoms with E-state index in [9.17, 15) is 9.90 Å². The van der Waals surface area contributed by atoms with Crippen LogP contribution in [0.5, 0.6) is 0 Å². The van der Waals surface area contributed by atoms with E-state index in [0.717, 1.165) is 31.4 Å². The van der Waals surface area contributed by atoms with Gasteiger partial charge >= 0.3 is 0 Å². The number of hydrogen-bond donors (Lipinski definition) is 2. The Kier molecular flexibility index (Phi) is 4.01. The van der Waals surface area contributed by atoms with Gasteiger partial charge in [0.1, 0.15) is 0 Å². The highest BCUT2D eigenvalue weighted by Gasteiger charge is 2.24. The first-order chi connectivity index (χ1) is 10.2. The first-order valence-corrected chi connectivity index (χ1v) is 7.33. The van der Waals surface area contributed by atoms with E-state index in [-0.39, 0.29) is 11.9 Å². The Bertz CT molecular complexity index is 610. The largest absolute Gasteiger partial charge is 0.391 e. The molecule has 2 N–H and O–H groups in total. The van der Waals surface area contributed by atoms with Crippen molar-refractivity contribution in [1.82, 2.24) is 15.1 Å². The van der Waals surface area contributed by atoms with Gasteiger partial charge in [-0.15, -0.1) is 0 Å². The van der Waals surface area contributed by atoms with Crippen LogP contribution in [0.25, 0.3) is 5.69 Å². The van der Waals surface area contributed by atoms with E-state index in [1.807, 2.05) is 24.4 Å². The summed E-state index contributed by atoms with van der Waals surface area (Å²) in [7, 11) is 0. The third kappa shape index (κ3) is 3.13. The fraction of sp³-hybridized carbons (Fsp3) is 0.375. The molecule has 1 amide bonds. The molecule has 5 nitrogen and oxygen atoms in total. The molecule has 3 rings (SSSR count). The predicted octanol–water partition coefficient (Wildman–Crippen LogP) is 1.91. The van der Waals surface area contributed by atoms with Crippen LogP contribution >= 0.6 is 0 Å². The van der Waals surface area contributed by atoms with Crippen LogP contribution < -0.4 is 5.32 Å². The molecule has 1 aromatic carbocycles. The van der Waals surface area contributed by atoms with E-state index in [1.165, 1.54) is 0 Å². The number of rotatable bonds is 3. The van der Waals surface area contributed by atoms with Crippen molar-refractivity contribution >= 4 is 5.91 Å². The molecule has 0 unspecified atom stereocenters. The van der Waals surface area contributed by atoms with Gasteiger partial charge in [-0.2, -0.15) is 5.10 Å². The fourth-order valence-corrected chi connectivity index (χ4v) is 2.74. The molecule has 1 aliphatic rings. The third-order valence-electron chi connectivity index (χ3n) is 3.92. The number of nitrogens with zero attached hydrogens (tertiary/aromatic N) is 2. The minimum Gasteiger partial charge on any atom is -0.391 e. The van der Waals surface area contributed by atoms with Gasteiger partial charge < -0.3 is 10.4 Å². The summed E-state index contributed by atoms with van der Waals surface area (Å²) in [6, 6.07) is 9.02. The lowest BCUT2D eigenvalue weighted by Gasteiger charge is -2.28. The lowest BCUT2D eigenvalue weighted by atomic mass is 9.92. The molecule has 110 valence electrons. The van der Waals surface area contributed by atoms with E-state index < -0.39 is 6.10 Å². The zero-order valence-corrected chi connectivity index (χ0v) is 11.8. The molecule has 0 bridgehead atoms. The highest BCUT2D eigenvalue weighted by atomic mass is 16.3. The fourth-order valence-electron chi connectivity index (χ4n) is 2.74. The van der Waals surface area contributed by atoms with E-state index >= 15 is 0 Å². The van der Waals surface area contributed by atoms with Crippen molar-refractivity contribution < 1.29 is 9.90 Å². The van der Waals surface area contributed by atoms with Crippen LogP contribution in [0.2, 0.25) is 0 Å². The molecular weight excluding hydrogens is 266 g/mol. The summed E-state index contributed by atoms with van der Waals surface area (Å²) in [6.07, 6.45) is 6.78.